The van der Waals surface area contributed by atoms with Crippen LogP contribution in [0.15, 0.2) is 46.5 Å². The van der Waals surface area contributed by atoms with Crippen molar-refractivity contribution in [2.45, 2.75) is 6.92 Å². The smallest absolute Gasteiger partial charge is 0.248 e. The number of aromatic nitrogens is 3. The third kappa shape index (κ3) is 3.44. The first-order valence-corrected chi connectivity index (χ1v) is 7.36. The highest BCUT2D eigenvalue weighted by atomic mass is 32.1. The second kappa shape index (κ2) is 6.31. The van der Waals surface area contributed by atoms with Crippen LogP contribution in [0, 0.1) is 6.92 Å². The summed E-state index contributed by atoms with van der Waals surface area (Å²) in [4.78, 5) is 16.1. The molecule has 0 saturated heterocycles. The summed E-state index contributed by atoms with van der Waals surface area (Å²) in [5, 5.41) is 13.1. The summed E-state index contributed by atoms with van der Waals surface area (Å²) < 4.78 is 5.10. The molecule has 3 rings (SSSR count). The number of rotatable bonds is 4. The monoisotopic (exact) mass is 312 g/mol. The summed E-state index contributed by atoms with van der Waals surface area (Å²) in [5.41, 5.74) is 2.26. The number of aryl methyl sites for hydroxylation is 1. The topological polar surface area (TPSA) is 80.9 Å². The third-order valence-corrected chi connectivity index (χ3v) is 3.59. The number of carbonyl (C=O) groups excluding carboxylic acids is 1. The Morgan fingerprint density at radius 3 is 2.77 bits per heavy atom. The van der Waals surface area contributed by atoms with Crippen LogP contribution in [0.4, 0.5) is 5.69 Å². The standard InChI is InChI=1S/C15H12N4O2S/c1-10-17-13(8-22-10)6-7-14(20)18-12-4-2-11(3-5-12)15-19-16-9-21-15/h2-9H,1H3,(H,18,20)/b7-6+. The SMILES string of the molecule is Cc1nc(/C=C/C(=O)Nc2ccc(-c3nnco3)cc2)cs1. The van der Waals surface area contributed by atoms with Gasteiger partial charge in [-0.15, -0.1) is 21.5 Å². The van der Waals surface area contributed by atoms with E-state index in [1.54, 1.807) is 41.7 Å². The summed E-state index contributed by atoms with van der Waals surface area (Å²) >= 11 is 1.55. The maximum Gasteiger partial charge on any atom is 0.248 e. The first-order chi connectivity index (χ1) is 10.7. The normalized spacial score (nSPS) is 11.0. The summed E-state index contributed by atoms with van der Waals surface area (Å²) in [5.74, 6) is 0.230. The number of amides is 1. The van der Waals surface area contributed by atoms with Crippen LogP contribution >= 0.6 is 11.3 Å². The number of anilines is 1. The zero-order valence-electron chi connectivity index (χ0n) is 11.7. The number of thiazole rings is 1. The van der Waals surface area contributed by atoms with Crippen molar-refractivity contribution in [1.29, 1.82) is 0 Å². The zero-order valence-corrected chi connectivity index (χ0v) is 12.5. The molecule has 2 aromatic heterocycles. The molecule has 0 fully saturated rings. The van der Waals surface area contributed by atoms with Gasteiger partial charge in [0.25, 0.3) is 0 Å². The van der Waals surface area contributed by atoms with Gasteiger partial charge in [-0.1, -0.05) is 0 Å². The summed E-state index contributed by atoms with van der Waals surface area (Å²) in [6.07, 6.45) is 4.42. The van der Waals surface area contributed by atoms with Gasteiger partial charge in [0, 0.05) is 22.7 Å². The molecule has 0 saturated carbocycles. The second-order valence-corrected chi connectivity index (χ2v) is 5.50. The van der Waals surface area contributed by atoms with Crippen LogP contribution in [0.2, 0.25) is 0 Å². The van der Waals surface area contributed by atoms with Crippen LogP contribution in [0.1, 0.15) is 10.7 Å². The molecular formula is C15H12N4O2S. The van der Waals surface area contributed by atoms with Crippen molar-refractivity contribution in [2.75, 3.05) is 5.32 Å². The molecule has 110 valence electrons. The van der Waals surface area contributed by atoms with Crippen molar-refractivity contribution >= 4 is 29.0 Å². The van der Waals surface area contributed by atoms with Crippen molar-refractivity contribution in [1.82, 2.24) is 15.2 Å². The number of benzene rings is 1. The first-order valence-electron chi connectivity index (χ1n) is 6.48. The molecule has 1 amide bonds. The van der Waals surface area contributed by atoms with Gasteiger partial charge in [0.05, 0.1) is 10.7 Å². The second-order valence-electron chi connectivity index (χ2n) is 4.44. The molecule has 0 aliphatic carbocycles. The number of hydrogen-bond donors (Lipinski definition) is 1. The van der Waals surface area contributed by atoms with Crippen molar-refractivity contribution in [3.05, 3.63) is 52.8 Å². The highest BCUT2D eigenvalue weighted by Gasteiger charge is 2.04. The van der Waals surface area contributed by atoms with E-state index in [2.05, 4.69) is 20.5 Å². The van der Waals surface area contributed by atoms with E-state index in [0.29, 0.717) is 11.6 Å². The van der Waals surface area contributed by atoms with Crippen LogP contribution < -0.4 is 5.32 Å². The van der Waals surface area contributed by atoms with Gasteiger partial charge in [0.2, 0.25) is 18.2 Å². The Hall–Kier alpha value is -2.80. The molecule has 0 aliphatic heterocycles. The lowest BCUT2D eigenvalue weighted by Gasteiger charge is -2.02. The van der Waals surface area contributed by atoms with Crippen molar-refractivity contribution in [2.24, 2.45) is 0 Å². The fourth-order valence-electron chi connectivity index (χ4n) is 1.80. The van der Waals surface area contributed by atoms with E-state index in [0.717, 1.165) is 16.3 Å². The van der Waals surface area contributed by atoms with Gasteiger partial charge < -0.3 is 9.73 Å². The van der Waals surface area contributed by atoms with Gasteiger partial charge in [-0.2, -0.15) is 0 Å². The largest absolute Gasteiger partial charge is 0.423 e. The maximum absolute atomic E-state index is 11.8. The van der Waals surface area contributed by atoms with Crippen LogP contribution in [-0.4, -0.2) is 21.1 Å². The first kappa shape index (κ1) is 14.2. The number of nitrogens with zero attached hydrogens (tertiary/aromatic N) is 3. The number of carbonyl (C=O) groups is 1. The van der Waals surface area contributed by atoms with Crippen LogP contribution in [0.3, 0.4) is 0 Å². The predicted octanol–water partition coefficient (Wildman–Crippen LogP) is 3.15. The molecule has 6 nitrogen and oxygen atoms in total. The van der Waals surface area contributed by atoms with Gasteiger partial charge in [0.1, 0.15) is 0 Å². The van der Waals surface area contributed by atoms with Gasteiger partial charge in [0.15, 0.2) is 0 Å². The van der Waals surface area contributed by atoms with E-state index in [4.69, 9.17) is 4.42 Å². The van der Waals surface area contributed by atoms with E-state index in [1.165, 1.54) is 12.5 Å². The van der Waals surface area contributed by atoms with E-state index in [1.807, 2.05) is 12.3 Å². The van der Waals surface area contributed by atoms with Crippen molar-refractivity contribution in [3.8, 4) is 11.5 Å². The summed E-state index contributed by atoms with van der Waals surface area (Å²) in [6.45, 7) is 1.92. The molecule has 0 aliphatic rings. The summed E-state index contributed by atoms with van der Waals surface area (Å²) in [6, 6.07) is 7.16. The number of hydrogen-bond acceptors (Lipinski definition) is 6. The Bertz CT molecular complexity index is 791. The quantitative estimate of drug-likeness (QED) is 0.748. The molecule has 0 spiro atoms. The lowest BCUT2D eigenvalue weighted by atomic mass is 10.2. The molecule has 2 heterocycles. The Balaban J connectivity index is 1.63. The lowest BCUT2D eigenvalue weighted by Crippen LogP contribution is -2.07. The Labute approximate surface area is 130 Å². The van der Waals surface area contributed by atoms with E-state index < -0.39 is 0 Å². The van der Waals surface area contributed by atoms with Gasteiger partial charge in [-0.3, -0.25) is 4.79 Å². The Kier molecular flexibility index (Phi) is 4.06. The highest BCUT2D eigenvalue weighted by Crippen LogP contribution is 2.18. The molecule has 22 heavy (non-hydrogen) atoms. The van der Waals surface area contributed by atoms with Crippen LogP contribution in [-0.2, 0) is 4.79 Å². The van der Waals surface area contributed by atoms with Gasteiger partial charge in [-0.25, -0.2) is 4.98 Å². The Morgan fingerprint density at radius 2 is 2.14 bits per heavy atom. The van der Waals surface area contributed by atoms with Gasteiger partial charge >= 0.3 is 0 Å². The Morgan fingerprint density at radius 1 is 1.32 bits per heavy atom. The minimum atomic E-state index is -0.212. The van der Waals surface area contributed by atoms with Crippen molar-refractivity contribution in [3.63, 3.8) is 0 Å². The van der Waals surface area contributed by atoms with Crippen LogP contribution in [0.25, 0.3) is 17.5 Å². The molecule has 0 unspecified atom stereocenters. The molecular weight excluding hydrogens is 300 g/mol. The third-order valence-electron chi connectivity index (χ3n) is 2.80. The molecule has 1 aromatic carbocycles. The predicted molar refractivity (Wildman–Crippen MR) is 84.2 cm³/mol. The average molecular weight is 312 g/mol. The molecule has 0 radical (unpaired) electrons. The average Bonchev–Trinajstić information content (AvgIpc) is 3.17. The van der Waals surface area contributed by atoms with Crippen molar-refractivity contribution < 1.29 is 9.21 Å². The lowest BCUT2D eigenvalue weighted by molar-refractivity contribution is -0.111. The molecule has 3 aromatic rings. The van der Waals surface area contributed by atoms with E-state index >= 15 is 0 Å². The molecule has 7 heteroatoms. The molecule has 0 bridgehead atoms. The zero-order chi connectivity index (χ0) is 15.4. The molecule has 1 N–H and O–H groups in total. The highest BCUT2D eigenvalue weighted by molar-refractivity contribution is 7.09. The van der Waals surface area contributed by atoms with Gasteiger partial charge in [-0.05, 0) is 37.3 Å². The fraction of sp³-hybridized carbons (Fsp3) is 0.0667. The molecule has 0 atom stereocenters. The van der Waals surface area contributed by atoms with E-state index in [-0.39, 0.29) is 5.91 Å². The number of nitrogens with one attached hydrogen (secondary N) is 1. The summed E-state index contributed by atoms with van der Waals surface area (Å²) in [7, 11) is 0. The van der Waals surface area contributed by atoms with E-state index in [9.17, 15) is 4.79 Å². The van der Waals surface area contributed by atoms with Crippen LogP contribution in [0.5, 0.6) is 0 Å². The minimum Gasteiger partial charge on any atom is -0.423 e. The minimum absolute atomic E-state index is 0.212. The fourth-order valence-corrected chi connectivity index (χ4v) is 2.38. The maximum atomic E-state index is 11.8.